The van der Waals surface area contributed by atoms with Crippen molar-refractivity contribution in [3.8, 4) is 17.1 Å². The smallest absolute Gasteiger partial charge is 0.196 e. The van der Waals surface area contributed by atoms with E-state index in [0.717, 1.165) is 27.8 Å². The van der Waals surface area contributed by atoms with Gasteiger partial charge >= 0.3 is 0 Å². The minimum absolute atomic E-state index is 0.224. The van der Waals surface area contributed by atoms with Crippen LogP contribution in [0.15, 0.2) is 84.0 Å². The van der Waals surface area contributed by atoms with E-state index in [4.69, 9.17) is 0 Å². The van der Waals surface area contributed by atoms with E-state index in [1.807, 2.05) is 42.5 Å². The van der Waals surface area contributed by atoms with Gasteiger partial charge in [-0.3, -0.25) is 4.57 Å². The molecule has 0 aliphatic heterocycles. The Bertz CT molecular complexity index is 1060. The van der Waals surface area contributed by atoms with E-state index in [1.54, 1.807) is 23.9 Å². The van der Waals surface area contributed by atoms with Crippen LogP contribution in [-0.4, -0.2) is 14.8 Å². The molecule has 0 aliphatic rings. The molecule has 1 heterocycles. The molecule has 4 aromatic rings. The molecule has 134 valence electrons. The third-order valence-electron chi connectivity index (χ3n) is 4.18. The normalized spacial score (nSPS) is 10.9. The van der Waals surface area contributed by atoms with Gasteiger partial charge in [-0.15, -0.1) is 10.2 Å². The van der Waals surface area contributed by atoms with Crippen LogP contribution < -0.4 is 0 Å². The van der Waals surface area contributed by atoms with E-state index in [9.17, 15) is 4.39 Å². The summed E-state index contributed by atoms with van der Waals surface area (Å²) in [5.74, 6) is 1.19. The fourth-order valence-corrected chi connectivity index (χ4v) is 3.81. The fraction of sp³-hybridized carbons (Fsp3) is 0.0909. The van der Waals surface area contributed by atoms with Crippen molar-refractivity contribution >= 4 is 11.8 Å². The van der Waals surface area contributed by atoms with Gasteiger partial charge in [-0.2, -0.15) is 0 Å². The number of aryl methyl sites for hydroxylation is 1. The molecule has 0 saturated carbocycles. The average molecular weight is 375 g/mol. The highest BCUT2D eigenvalue weighted by molar-refractivity contribution is 7.98. The molecule has 0 unspecified atom stereocenters. The summed E-state index contributed by atoms with van der Waals surface area (Å²) in [5.41, 5.74) is 4.10. The zero-order valence-corrected chi connectivity index (χ0v) is 15.7. The first-order valence-electron chi connectivity index (χ1n) is 8.66. The van der Waals surface area contributed by atoms with E-state index in [0.29, 0.717) is 5.75 Å². The SMILES string of the molecule is Cc1cccc(-n2c(SCc3cccc(F)c3)nnc2-c2ccccc2)c1. The third-order valence-corrected chi connectivity index (χ3v) is 5.18. The van der Waals surface area contributed by atoms with Crippen molar-refractivity contribution in [2.24, 2.45) is 0 Å². The van der Waals surface area contributed by atoms with Gasteiger partial charge in [0, 0.05) is 17.0 Å². The molecule has 1 aromatic heterocycles. The van der Waals surface area contributed by atoms with Gasteiger partial charge in [0.05, 0.1) is 0 Å². The molecule has 0 fully saturated rings. The summed E-state index contributed by atoms with van der Waals surface area (Å²) in [6.45, 7) is 2.07. The number of hydrogen-bond acceptors (Lipinski definition) is 3. The van der Waals surface area contributed by atoms with E-state index in [1.165, 1.54) is 11.6 Å². The lowest BCUT2D eigenvalue weighted by molar-refractivity contribution is 0.626. The Morgan fingerprint density at radius 2 is 1.70 bits per heavy atom. The summed E-state index contributed by atoms with van der Waals surface area (Å²) in [6.07, 6.45) is 0. The van der Waals surface area contributed by atoms with Gasteiger partial charge in [0.1, 0.15) is 5.82 Å². The quantitative estimate of drug-likeness (QED) is 0.421. The van der Waals surface area contributed by atoms with E-state index >= 15 is 0 Å². The van der Waals surface area contributed by atoms with Crippen LogP contribution in [0.5, 0.6) is 0 Å². The Labute approximate surface area is 161 Å². The minimum atomic E-state index is -0.224. The molecule has 0 spiro atoms. The van der Waals surface area contributed by atoms with Crippen LogP contribution >= 0.6 is 11.8 Å². The van der Waals surface area contributed by atoms with Crippen molar-refractivity contribution in [1.82, 2.24) is 14.8 Å². The topological polar surface area (TPSA) is 30.7 Å². The van der Waals surface area contributed by atoms with Crippen LogP contribution in [0, 0.1) is 12.7 Å². The molecule has 4 rings (SSSR count). The zero-order valence-electron chi connectivity index (χ0n) is 14.8. The molecule has 3 nitrogen and oxygen atoms in total. The van der Waals surface area contributed by atoms with Crippen LogP contribution in [0.25, 0.3) is 17.1 Å². The molecule has 5 heteroatoms. The van der Waals surface area contributed by atoms with E-state index in [-0.39, 0.29) is 5.82 Å². The maximum Gasteiger partial charge on any atom is 0.196 e. The number of hydrogen-bond donors (Lipinski definition) is 0. The Morgan fingerprint density at radius 3 is 2.48 bits per heavy atom. The number of nitrogens with zero attached hydrogens (tertiary/aromatic N) is 3. The highest BCUT2D eigenvalue weighted by atomic mass is 32.2. The Balaban J connectivity index is 1.74. The Morgan fingerprint density at radius 1 is 0.889 bits per heavy atom. The van der Waals surface area contributed by atoms with Crippen molar-refractivity contribution in [2.45, 2.75) is 17.8 Å². The molecule has 3 aromatic carbocycles. The highest BCUT2D eigenvalue weighted by Gasteiger charge is 2.16. The molecule has 0 N–H and O–H groups in total. The lowest BCUT2D eigenvalue weighted by Crippen LogP contribution is -2.00. The number of thioether (sulfide) groups is 1. The van der Waals surface area contributed by atoms with Crippen LogP contribution in [0.3, 0.4) is 0 Å². The second-order valence-corrected chi connectivity index (χ2v) is 7.21. The molecule has 0 atom stereocenters. The number of rotatable bonds is 5. The maximum absolute atomic E-state index is 13.5. The minimum Gasteiger partial charge on any atom is -0.270 e. The zero-order chi connectivity index (χ0) is 18.6. The van der Waals surface area contributed by atoms with Gasteiger partial charge in [-0.05, 0) is 42.3 Å². The monoisotopic (exact) mass is 375 g/mol. The summed E-state index contributed by atoms with van der Waals surface area (Å²) in [6, 6.07) is 24.9. The first-order chi connectivity index (χ1) is 13.2. The molecular formula is C22H18FN3S. The summed E-state index contributed by atoms with van der Waals surface area (Å²) in [4.78, 5) is 0. The van der Waals surface area contributed by atoms with Gasteiger partial charge in [-0.1, -0.05) is 66.4 Å². The highest BCUT2D eigenvalue weighted by Crippen LogP contribution is 2.30. The number of benzene rings is 3. The fourth-order valence-electron chi connectivity index (χ4n) is 2.91. The predicted molar refractivity (Wildman–Crippen MR) is 107 cm³/mol. The van der Waals surface area contributed by atoms with E-state index < -0.39 is 0 Å². The number of aromatic nitrogens is 3. The first kappa shape index (κ1) is 17.5. The Hall–Kier alpha value is -2.92. The first-order valence-corrected chi connectivity index (χ1v) is 9.64. The lowest BCUT2D eigenvalue weighted by Gasteiger charge is -2.11. The molecule has 0 amide bonds. The summed E-state index contributed by atoms with van der Waals surface area (Å²) in [5, 5.41) is 9.64. The third kappa shape index (κ3) is 3.93. The molecule has 0 aliphatic carbocycles. The van der Waals surface area contributed by atoms with Gasteiger partial charge in [0.2, 0.25) is 0 Å². The van der Waals surface area contributed by atoms with Gasteiger partial charge in [0.25, 0.3) is 0 Å². The van der Waals surface area contributed by atoms with E-state index in [2.05, 4.69) is 39.9 Å². The van der Waals surface area contributed by atoms with Crippen molar-refractivity contribution in [3.63, 3.8) is 0 Å². The molecule has 27 heavy (non-hydrogen) atoms. The summed E-state index contributed by atoms with van der Waals surface area (Å²) >= 11 is 1.55. The van der Waals surface area contributed by atoms with Crippen molar-refractivity contribution in [1.29, 1.82) is 0 Å². The Kier molecular flexibility index (Phi) is 5.03. The standard InChI is InChI=1S/C22H18FN3S/c1-16-7-5-12-20(13-16)26-21(18-9-3-2-4-10-18)24-25-22(26)27-15-17-8-6-11-19(23)14-17/h2-14H,15H2,1H3. The van der Waals surface area contributed by atoms with Crippen molar-refractivity contribution in [2.75, 3.05) is 0 Å². The summed E-state index contributed by atoms with van der Waals surface area (Å²) in [7, 11) is 0. The van der Waals surface area contributed by atoms with Crippen LogP contribution in [0.4, 0.5) is 4.39 Å². The molecular weight excluding hydrogens is 357 g/mol. The second-order valence-electron chi connectivity index (χ2n) is 6.27. The maximum atomic E-state index is 13.5. The lowest BCUT2D eigenvalue weighted by atomic mass is 10.2. The number of halogens is 1. The van der Waals surface area contributed by atoms with Gasteiger partial charge in [-0.25, -0.2) is 4.39 Å². The predicted octanol–water partition coefficient (Wildman–Crippen LogP) is 5.67. The summed E-state index contributed by atoms with van der Waals surface area (Å²) < 4.78 is 15.5. The van der Waals surface area contributed by atoms with Crippen molar-refractivity contribution in [3.05, 3.63) is 95.8 Å². The second kappa shape index (κ2) is 7.76. The van der Waals surface area contributed by atoms with Gasteiger partial charge < -0.3 is 0 Å². The molecule has 0 bridgehead atoms. The van der Waals surface area contributed by atoms with Crippen LogP contribution in [0.2, 0.25) is 0 Å². The van der Waals surface area contributed by atoms with Crippen molar-refractivity contribution < 1.29 is 4.39 Å². The molecule has 0 radical (unpaired) electrons. The van der Waals surface area contributed by atoms with Gasteiger partial charge in [0.15, 0.2) is 11.0 Å². The van der Waals surface area contributed by atoms with Crippen LogP contribution in [-0.2, 0) is 5.75 Å². The molecule has 0 saturated heterocycles. The average Bonchev–Trinajstić information content (AvgIpc) is 3.11. The largest absolute Gasteiger partial charge is 0.270 e. The van der Waals surface area contributed by atoms with Crippen LogP contribution in [0.1, 0.15) is 11.1 Å².